The third-order valence-corrected chi connectivity index (χ3v) is 4.08. The largest absolute Gasteiger partial charge is 0.508 e. The number of benzene rings is 2. The first kappa shape index (κ1) is 13.4. The van der Waals surface area contributed by atoms with Gasteiger partial charge in [0.2, 0.25) is 0 Å². The van der Waals surface area contributed by atoms with Gasteiger partial charge in [-0.25, -0.2) is 0 Å². The predicted molar refractivity (Wildman–Crippen MR) is 79.8 cm³/mol. The number of hydrogen-bond acceptors (Lipinski definition) is 1. The minimum atomic E-state index is 0.298. The van der Waals surface area contributed by atoms with Crippen molar-refractivity contribution in [3.63, 3.8) is 0 Å². The summed E-state index contributed by atoms with van der Waals surface area (Å²) in [4.78, 5) is 0. The summed E-state index contributed by atoms with van der Waals surface area (Å²) < 4.78 is 0. The second-order valence-electron chi connectivity index (χ2n) is 4.24. The van der Waals surface area contributed by atoms with Crippen molar-refractivity contribution in [2.24, 2.45) is 0 Å². The second-order valence-corrected chi connectivity index (χ2v) is 5.30. The maximum atomic E-state index is 9.28. The summed E-state index contributed by atoms with van der Waals surface area (Å²) in [5, 5.41) is 10.9. The molecule has 0 aliphatic rings. The molecular formula is C15H14BrClO. The highest BCUT2D eigenvalue weighted by Crippen LogP contribution is 2.29. The lowest BCUT2D eigenvalue weighted by atomic mass is 9.93. The van der Waals surface area contributed by atoms with Crippen LogP contribution in [0, 0.1) is 0 Å². The van der Waals surface area contributed by atoms with Crippen molar-refractivity contribution in [2.75, 3.05) is 5.33 Å². The molecule has 0 aliphatic heterocycles. The molecule has 0 bridgehead atoms. The quantitative estimate of drug-likeness (QED) is 0.803. The van der Waals surface area contributed by atoms with Gasteiger partial charge in [-0.05, 0) is 41.7 Å². The fraction of sp³-hybridized carbons (Fsp3) is 0.200. The minimum absolute atomic E-state index is 0.298. The third kappa shape index (κ3) is 3.27. The van der Waals surface area contributed by atoms with Crippen molar-refractivity contribution in [2.45, 2.75) is 12.3 Å². The van der Waals surface area contributed by atoms with Gasteiger partial charge in [-0.1, -0.05) is 57.9 Å². The Kier molecular flexibility index (Phi) is 4.67. The molecule has 3 heteroatoms. The van der Waals surface area contributed by atoms with Gasteiger partial charge in [0.05, 0.1) is 0 Å². The lowest BCUT2D eigenvalue weighted by molar-refractivity contribution is 0.475. The molecule has 0 fully saturated rings. The molecule has 18 heavy (non-hydrogen) atoms. The SMILES string of the molecule is Oc1ccc(CC(CBr)c2ccccc2Cl)cc1. The highest BCUT2D eigenvalue weighted by Gasteiger charge is 2.13. The molecule has 1 unspecified atom stereocenters. The van der Waals surface area contributed by atoms with Crippen LogP contribution in [0.5, 0.6) is 5.75 Å². The van der Waals surface area contributed by atoms with Gasteiger partial charge in [-0.2, -0.15) is 0 Å². The van der Waals surface area contributed by atoms with Crippen LogP contribution in [0.15, 0.2) is 48.5 Å². The average molecular weight is 326 g/mol. The first-order chi connectivity index (χ1) is 8.70. The van der Waals surface area contributed by atoms with Crippen molar-refractivity contribution >= 4 is 27.5 Å². The first-order valence-electron chi connectivity index (χ1n) is 5.79. The van der Waals surface area contributed by atoms with E-state index in [1.54, 1.807) is 12.1 Å². The number of aromatic hydroxyl groups is 1. The molecule has 2 aromatic rings. The van der Waals surface area contributed by atoms with Crippen LogP contribution >= 0.6 is 27.5 Å². The van der Waals surface area contributed by atoms with Gasteiger partial charge in [-0.3, -0.25) is 0 Å². The molecule has 0 aliphatic carbocycles. The molecule has 2 rings (SSSR count). The molecule has 1 atom stereocenters. The zero-order chi connectivity index (χ0) is 13.0. The Labute approximate surface area is 121 Å². The highest BCUT2D eigenvalue weighted by atomic mass is 79.9. The van der Waals surface area contributed by atoms with Crippen LogP contribution in [0.2, 0.25) is 5.02 Å². The molecule has 0 aromatic heterocycles. The zero-order valence-corrected chi connectivity index (χ0v) is 12.2. The Morgan fingerprint density at radius 2 is 1.72 bits per heavy atom. The van der Waals surface area contributed by atoms with Crippen molar-refractivity contribution < 1.29 is 5.11 Å². The number of hydrogen-bond donors (Lipinski definition) is 1. The Morgan fingerprint density at radius 1 is 1.06 bits per heavy atom. The lowest BCUT2D eigenvalue weighted by Crippen LogP contribution is -2.05. The van der Waals surface area contributed by atoms with E-state index in [0.29, 0.717) is 11.7 Å². The van der Waals surface area contributed by atoms with Gasteiger partial charge in [0, 0.05) is 10.4 Å². The standard InChI is InChI=1S/C15H14BrClO/c16-10-12(14-3-1-2-4-15(14)17)9-11-5-7-13(18)8-6-11/h1-8,12,18H,9-10H2. The monoisotopic (exact) mass is 324 g/mol. The summed E-state index contributed by atoms with van der Waals surface area (Å²) in [6.45, 7) is 0. The van der Waals surface area contributed by atoms with E-state index in [0.717, 1.165) is 22.3 Å². The van der Waals surface area contributed by atoms with E-state index in [4.69, 9.17) is 11.6 Å². The molecule has 2 aromatic carbocycles. The van der Waals surface area contributed by atoms with Gasteiger partial charge >= 0.3 is 0 Å². The van der Waals surface area contributed by atoms with Crippen LogP contribution in [-0.4, -0.2) is 10.4 Å². The van der Waals surface area contributed by atoms with E-state index in [1.165, 1.54) is 5.56 Å². The summed E-state index contributed by atoms with van der Waals surface area (Å²) in [6, 6.07) is 15.3. The average Bonchev–Trinajstić information content (AvgIpc) is 2.39. The van der Waals surface area contributed by atoms with Gasteiger partial charge in [-0.15, -0.1) is 0 Å². The number of halogens is 2. The number of phenolic OH excluding ortho intramolecular Hbond substituents is 1. The fourth-order valence-corrected chi connectivity index (χ4v) is 2.84. The first-order valence-corrected chi connectivity index (χ1v) is 7.29. The minimum Gasteiger partial charge on any atom is -0.508 e. The number of phenols is 1. The normalized spacial score (nSPS) is 12.3. The molecule has 0 saturated carbocycles. The molecule has 0 saturated heterocycles. The number of rotatable bonds is 4. The van der Waals surface area contributed by atoms with Crippen LogP contribution in [0.4, 0.5) is 0 Å². The zero-order valence-electron chi connectivity index (χ0n) is 9.81. The summed E-state index contributed by atoms with van der Waals surface area (Å²) in [6.07, 6.45) is 0.898. The van der Waals surface area contributed by atoms with Crippen molar-refractivity contribution in [1.29, 1.82) is 0 Å². The Bertz CT molecular complexity index is 510. The van der Waals surface area contributed by atoms with Crippen LogP contribution in [0.1, 0.15) is 17.0 Å². The molecule has 0 radical (unpaired) electrons. The fourth-order valence-electron chi connectivity index (χ4n) is 1.97. The molecule has 0 spiro atoms. The maximum Gasteiger partial charge on any atom is 0.115 e. The van der Waals surface area contributed by atoms with Gasteiger partial charge in [0.1, 0.15) is 5.75 Å². The predicted octanol–water partition coefficient (Wildman–Crippen LogP) is 4.77. The molecule has 94 valence electrons. The van der Waals surface area contributed by atoms with Gasteiger partial charge < -0.3 is 5.11 Å². The van der Waals surface area contributed by atoms with Gasteiger partial charge in [0.15, 0.2) is 0 Å². The van der Waals surface area contributed by atoms with Crippen LogP contribution in [0.25, 0.3) is 0 Å². The number of alkyl halides is 1. The topological polar surface area (TPSA) is 20.2 Å². The van der Waals surface area contributed by atoms with Crippen LogP contribution in [0.3, 0.4) is 0 Å². The van der Waals surface area contributed by atoms with E-state index < -0.39 is 0 Å². The van der Waals surface area contributed by atoms with E-state index in [2.05, 4.69) is 22.0 Å². The molecule has 0 amide bonds. The van der Waals surface area contributed by atoms with Crippen molar-refractivity contribution in [3.8, 4) is 5.75 Å². The van der Waals surface area contributed by atoms with E-state index in [1.807, 2.05) is 30.3 Å². The summed E-state index contributed by atoms with van der Waals surface area (Å²) in [5.41, 5.74) is 2.35. The van der Waals surface area contributed by atoms with E-state index in [9.17, 15) is 5.11 Å². The third-order valence-electron chi connectivity index (χ3n) is 2.95. The molecule has 1 N–H and O–H groups in total. The lowest BCUT2D eigenvalue weighted by Gasteiger charge is -2.16. The molecule has 0 heterocycles. The second kappa shape index (κ2) is 6.26. The van der Waals surface area contributed by atoms with E-state index in [-0.39, 0.29) is 0 Å². The smallest absolute Gasteiger partial charge is 0.115 e. The molecular weight excluding hydrogens is 312 g/mol. The van der Waals surface area contributed by atoms with E-state index >= 15 is 0 Å². The Balaban J connectivity index is 2.20. The maximum absolute atomic E-state index is 9.28. The Morgan fingerprint density at radius 3 is 2.33 bits per heavy atom. The van der Waals surface area contributed by atoms with Crippen LogP contribution < -0.4 is 0 Å². The van der Waals surface area contributed by atoms with Crippen molar-refractivity contribution in [3.05, 3.63) is 64.7 Å². The summed E-state index contributed by atoms with van der Waals surface area (Å²) in [7, 11) is 0. The Hall–Kier alpha value is -0.990. The van der Waals surface area contributed by atoms with Crippen molar-refractivity contribution in [1.82, 2.24) is 0 Å². The highest BCUT2D eigenvalue weighted by molar-refractivity contribution is 9.09. The summed E-state index contributed by atoms with van der Waals surface area (Å²) in [5.74, 6) is 0.634. The van der Waals surface area contributed by atoms with Gasteiger partial charge in [0.25, 0.3) is 0 Å². The summed E-state index contributed by atoms with van der Waals surface area (Å²) >= 11 is 9.78. The molecule has 1 nitrogen and oxygen atoms in total. The van der Waals surface area contributed by atoms with Crippen LogP contribution in [-0.2, 0) is 6.42 Å².